The van der Waals surface area contributed by atoms with Crippen LogP contribution in [-0.4, -0.2) is 22.8 Å². The van der Waals surface area contributed by atoms with Crippen molar-refractivity contribution in [2.24, 2.45) is 7.05 Å². The Labute approximate surface area is 199 Å². The average Bonchev–Trinajstić information content (AvgIpc) is 2.79. The first-order chi connectivity index (χ1) is 15.8. The highest BCUT2D eigenvalue weighted by Gasteiger charge is 2.16. The topological polar surface area (TPSA) is 63.5 Å². The SMILES string of the molecule is CCCCCCCCNc1ccc2c(OCC=C(C)CCC=C(C)C)c(O)c(=O)n(C)c2c1. The molecule has 5 nitrogen and oxygen atoms in total. The highest BCUT2D eigenvalue weighted by atomic mass is 16.5. The maximum Gasteiger partial charge on any atom is 0.296 e. The molecule has 0 amide bonds. The van der Waals surface area contributed by atoms with Gasteiger partial charge in [-0.1, -0.05) is 56.3 Å². The number of aromatic hydroxyl groups is 1. The zero-order valence-corrected chi connectivity index (χ0v) is 21.2. The summed E-state index contributed by atoms with van der Waals surface area (Å²) in [6.07, 6.45) is 13.7. The quantitative estimate of drug-likeness (QED) is 0.236. The van der Waals surface area contributed by atoms with Crippen LogP contribution in [0.15, 0.2) is 46.3 Å². The van der Waals surface area contributed by atoms with Crippen molar-refractivity contribution >= 4 is 16.6 Å². The molecular formula is C28H42N2O3. The van der Waals surface area contributed by atoms with Gasteiger partial charge < -0.3 is 19.7 Å². The molecule has 0 aliphatic heterocycles. The van der Waals surface area contributed by atoms with E-state index >= 15 is 0 Å². The number of rotatable bonds is 14. The van der Waals surface area contributed by atoms with Crippen molar-refractivity contribution in [1.82, 2.24) is 4.57 Å². The van der Waals surface area contributed by atoms with Crippen LogP contribution in [-0.2, 0) is 7.05 Å². The van der Waals surface area contributed by atoms with Crippen molar-refractivity contribution in [3.8, 4) is 11.5 Å². The van der Waals surface area contributed by atoms with E-state index in [1.54, 1.807) is 7.05 Å². The number of aryl methyl sites for hydroxylation is 1. The summed E-state index contributed by atoms with van der Waals surface area (Å²) in [5, 5.41) is 14.7. The number of nitrogens with one attached hydrogen (secondary N) is 1. The Bertz CT molecular complexity index is 1010. The Morgan fingerprint density at radius 2 is 1.82 bits per heavy atom. The summed E-state index contributed by atoms with van der Waals surface area (Å²) >= 11 is 0. The second-order valence-electron chi connectivity index (χ2n) is 9.15. The number of hydrogen-bond acceptors (Lipinski definition) is 4. The Morgan fingerprint density at radius 1 is 1.09 bits per heavy atom. The van der Waals surface area contributed by atoms with Crippen LogP contribution >= 0.6 is 0 Å². The zero-order chi connectivity index (χ0) is 24.2. The van der Waals surface area contributed by atoms with Gasteiger partial charge in [0, 0.05) is 24.7 Å². The number of ether oxygens (including phenoxy) is 1. The van der Waals surface area contributed by atoms with Crippen LogP contribution in [0.4, 0.5) is 5.69 Å². The molecule has 5 heteroatoms. The monoisotopic (exact) mass is 454 g/mol. The first-order valence-electron chi connectivity index (χ1n) is 12.4. The number of benzene rings is 1. The van der Waals surface area contributed by atoms with Crippen LogP contribution in [0.5, 0.6) is 11.5 Å². The van der Waals surface area contributed by atoms with E-state index in [2.05, 4.69) is 39.1 Å². The third kappa shape index (κ3) is 8.30. The van der Waals surface area contributed by atoms with Crippen LogP contribution in [0.25, 0.3) is 10.9 Å². The van der Waals surface area contributed by atoms with E-state index in [9.17, 15) is 9.90 Å². The molecule has 2 rings (SSSR count). The highest BCUT2D eigenvalue weighted by molar-refractivity contribution is 5.90. The average molecular weight is 455 g/mol. The van der Waals surface area contributed by atoms with E-state index in [1.165, 1.54) is 47.8 Å². The van der Waals surface area contributed by atoms with Gasteiger partial charge in [0.05, 0.1) is 5.52 Å². The van der Waals surface area contributed by atoms with Gasteiger partial charge in [-0.25, -0.2) is 0 Å². The molecule has 1 aromatic heterocycles. The Kier molecular flexibility index (Phi) is 11.1. The third-order valence-corrected chi connectivity index (χ3v) is 5.94. The largest absolute Gasteiger partial charge is 0.500 e. The molecule has 0 radical (unpaired) electrons. The van der Waals surface area contributed by atoms with Gasteiger partial charge >= 0.3 is 0 Å². The molecule has 2 aromatic rings. The van der Waals surface area contributed by atoms with Crippen molar-refractivity contribution < 1.29 is 9.84 Å². The summed E-state index contributed by atoms with van der Waals surface area (Å²) < 4.78 is 7.37. The van der Waals surface area contributed by atoms with Gasteiger partial charge in [-0.3, -0.25) is 4.79 Å². The van der Waals surface area contributed by atoms with E-state index in [0.29, 0.717) is 6.61 Å². The molecule has 1 heterocycles. The maximum atomic E-state index is 12.6. The van der Waals surface area contributed by atoms with Gasteiger partial charge in [0.15, 0.2) is 5.75 Å². The molecule has 1 aromatic carbocycles. The van der Waals surface area contributed by atoms with E-state index in [-0.39, 0.29) is 11.5 Å². The number of fused-ring (bicyclic) bond motifs is 1. The van der Waals surface area contributed by atoms with E-state index in [0.717, 1.165) is 42.4 Å². The molecule has 0 fully saturated rings. The van der Waals surface area contributed by atoms with E-state index in [4.69, 9.17) is 4.74 Å². The molecule has 33 heavy (non-hydrogen) atoms. The van der Waals surface area contributed by atoms with E-state index < -0.39 is 5.56 Å². The Balaban J connectivity index is 2.08. The third-order valence-electron chi connectivity index (χ3n) is 5.94. The second-order valence-corrected chi connectivity index (χ2v) is 9.15. The summed E-state index contributed by atoms with van der Waals surface area (Å²) in [6, 6.07) is 5.86. The smallest absolute Gasteiger partial charge is 0.296 e. The van der Waals surface area contributed by atoms with Crippen molar-refractivity contribution in [2.45, 2.75) is 79.1 Å². The number of aromatic nitrogens is 1. The van der Waals surface area contributed by atoms with Crippen molar-refractivity contribution in [2.75, 3.05) is 18.5 Å². The maximum absolute atomic E-state index is 12.6. The molecule has 2 N–H and O–H groups in total. The minimum atomic E-state index is -0.449. The lowest BCUT2D eigenvalue weighted by atomic mass is 10.1. The van der Waals surface area contributed by atoms with E-state index in [1.807, 2.05) is 24.3 Å². The number of anilines is 1. The highest BCUT2D eigenvalue weighted by Crippen LogP contribution is 2.33. The normalized spacial score (nSPS) is 11.6. The van der Waals surface area contributed by atoms with Crippen molar-refractivity contribution in [3.05, 3.63) is 51.9 Å². The summed E-state index contributed by atoms with van der Waals surface area (Å²) in [5.74, 6) is -0.0858. The fourth-order valence-corrected chi connectivity index (χ4v) is 3.85. The molecule has 0 unspecified atom stereocenters. The molecule has 0 saturated carbocycles. The van der Waals surface area contributed by atoms with Gasteiger partial charge in [0.1, 0.15) is 6.61 Å². The van der Waals surface area contributed by atoms with Gasteiger partial charge in [-0.05, 0) is 64.3 Å². The number of nitrogens with zero attached hydrogens (tertiary/aromatic N) is 1. The summed E-state index contributed by atoms with van der Waals surface area (Å²) in [7, 11) is 1.68. The number of hydrogen-bond donors (Lipinski definition) is 2. The predicted molar refractivity (Wildman–Crippen MR) is 141 cm³/mol. The lowest BCUT2D eigenvalue weighted by Gasteiger charge is -2.15. The molecule has 0 spiro atoms. The van der Waals surface area contributed by atoms with Gasteiger partial charge in [0.25, 0.3) is 5.56 Å². The van der Waals surface area contributed by atoms with Gasteiger partial charge in [0.2, 0.25) is 5.75 Å². The first kappa shape index (κ1) is 26.6. The van der Waals surface area contributed by atoms with Crippen LogP contribution in [0.2, 0.25) is 0 Å². The molecule has 0 aliphatic carbocycles. The zero-order valence-electron chi connectivity index (χ0n) is 21.2. The standard InChI is InChI=1S/C28H42N2O3/c1-6-7-8-9-10-11-18-29-23-15-16-24-25(20-23)30(5)28(32)26(31)27(24)33-19-17-22(4)14-12-13-21(2)3/h13,15-17,20,29,31H,6-12,14,18-19H2,1-5H3. The number of pyridine rings is 1. The molecule has 0 saturated heterocycles. The minimum absolute atomic E-state index is 0.254. The lowest BCUT2D eigenvalue weighted by molar-refractivity contribution is 0.335. The van der Waals surface area contributed by atoms with Crippen molar-refractivity contribution in [3.63, 3.8) is 0 Å². The Morgan fingerprint density at radius 3 is 2.55 bits per heavy atom. The summed E-state index contributed by atoms with van der Waals surface area (Å²) in [5.41, 5.74) is 3.80. The van der Waals surface area contributed by atoms with Crippen LogP contribution < -0.4 is 15.6 Å². The molecular weight excluding hydrogens is 412 g/mol. The molecule has 0 atom stereocenters. The minimum Gasteiger partial charge on any atom is -0.500 e. The van der Waals surface area contributed by atoms with Gasteiger partial charge in [-0.15, -0.1) is 0 Å². The number of allylic oxidation sites excluding steroid dienone is 3. The second kappa shape index (κ2) is 13.8. The fraction of sp³-hybridized carbons (Fsp3) is 0.536. The molecule has 182 valence electrons. The van der Waals surface area contributed by atoms with Crippen LogP contribution in [0, 0.1) is 0 Å². The van der Waals surface area contributed by atoms with Gasteiger partial charge in [-0.2, -0.15) is 0 Å². The summed E-state index contributed by atoms with van der Waals surface area (Å²) in [6.45, 7) is 9.73. The lowest BCUT2D eigenvalue weighted by Crippen LogP contribution is -2.18. The predicted octanol–water partition coefficient (Wildman–Crippen LogP) is 7.09. The van der Waals surface area contributed by atoms with Crippen molar-refractivity contribution in [1.29, 1.82) is 0 Å². The van der Waals surface area contributed by atoms with Crippen LogP contribution in [0.1, 0.15) is 79.1 Å². The number of unbranched alkanes of at least 4 members (excludes halogenated alkanes) is 5. The fourth-order valence-electron chi connectivity index (χ4n) is 3.85. The first-order valence-corrected chi connectivity index (χ1v) is 12.4. The molecule has 0 bridgehead atoms. The summed E-state index contributed by atoms with van der Waals surface area (Å²) in [4.78, 5) is 12.6. The Hall–Kier alpha value is -2.69. The molecule has 0 aliphatic rings. The van der Waals surface area contributed by atoms with Crippen LogP contribution in [0.3, 0.4) is 0 Å².